The van der Waals surface area contributed by atoms with Crippen LogP contribution in [0.15, 0.2) is 60.7 Å². The largest absolute Gasteiger partial charge is 0.490 e. The molecule has 15 heteroatoms. The van der Waals surface area contributed by atoms with E-state index in [4.69, 9.17) is 15.6 Å². The minimum absolute atomic E-state index is 0.00429. The van der Waals surface area contributed by atoms with Crippen LogP contribution in [0.25, 0.3) is 22.3 Å². The van der Waals surface area contributed by atoms with E-state index in [1.54, 1.807) is 25.2 Å². The van der Waals surface area contributed by atoms with Crippen LogP contribution in [0.2, 0.25) is 0 Å². The number of carboxylic acids is 1. The molecule has 1 aliphatic heterocycles. The Kier molecular flexibility index (Phi) is 9.23. The topological polar surface area (TPSA) is 120 Å². The molecule has 0 saturated carbocycles. The van der Waals surface area contributed by atoms with Gasteiger partial charge in [-0.1, -0.05) is 36.4 Å². The number of fused-ring (bicyclic) bond motifs is 1. The van der Waals surface area contributed by atoms with Gasteiger partial charge in [0.1, 0.15) is 5.82 Å². The molecule has 2 aromatic carbocycles. The van der Waals surface area contributed by atoms with Crippen molar-refractivity contribution in [2.24, 2.45) is 0 Å². The van der Waals surface area contributed by atoms with Crippen LogP contribution in [0.3, 0.4) is 0 Å². The van der Waals surface area contributed by atoms with E-state index >= 15 is 0 Å². The summed E-state index contributed by atoms with van der Waals surface area (Å²) >= 11 is 0. The number of carboxylic acid groups (broad SMARTS) is 1. The van der Waals surface area contributed by atoms with Crippen molar-refractivity contribution >= 4 is 34.5 Å². The number of carbonyl (C=O) groups is 1. The zero-order valence-corrected chi connectivity index (χ0v) is 22.7. The number of nitrogen functional groups attached to an aromatic ring is 1. The van der Waals surface area contributed by atoms with Crippen molar-refractivity contribution in [1.82, 2.24) is 19.9 Å². The van der Waals surface area contributed by atoms with Crippen LogP contribution in [0.5, 0.6) is 0 Å². The number of rotatable bonds is 5. The molecular formula is C28H27F6N7O2. The Morgan fingerprint density at radius 2 is 1.56 bits per heavy atom. The van der Waals surface area contributed by atoms with E-state index in [1.807, 2.05) is 23.1 Å². The lowest BCUT2D eigenvalue weighted by Gasteiger charge is -2.37. The molecule has 43 heavy (non-hydrogen) atoms. The third-order valence-electron chi connectivity index (χ3n) is 6.62. The van der Waals surface area contributed by atoms with Gasteiger partial charge in [0.2, 0.25) is 5.95 Å². The molecule has 228 valence electrons. The molecule has 0 atom stereocenters. The summed E-state index contributed by atoms with van der Waals surface area (Å²) in [5.41, 5.74) is 7.28. The first-order chi connectivity index (χ1) is 20.3. The van der Waals surface area contributed by atoms with E-state index in [1.165, 1.54) is 11.6 Å². The minimum atomic E-state index is -5.08. The average molecular weight is 608 g/mol. The van der Waals surface area contributed by atoms with Crippen LogP contribution in [0.4, 0.5) is 43.8 Å². The minimum Gasteiger partial charge on any atom is -0.475 e. The molecule has 0 amide bonds. The second kappa shape index (κ2) is 12.7. The Bertz CT molecular complexity index is 1570. The number of halogens is 6. The average Bonchev–Trinajstić information content (AvgIpc) is 2.96. The van der Waals surface area contributed by atoms with Crippen LogP contribution in [-0.4, -0.2) is 70.3 Å². The van der Waals surface area contributed by atoms with Crippen LogP contribution >= 0.6 is 0 Å². The van der Waals surface area contributed by atoms with E-state index in [0.29, 0.717) is 30.0 Å². The molecule has 0 unspecified atom stereocenters. The van der Waals surface area contributed by atoms with Crippen molar-refractivity contribution in [3.05, 3.63) is 71.8 Å². The zero-order valence-electron chi connectivity index (χ0n) is 22.7. The zero-order chi connectivity index (χ0) is 31.4. The quantitative estimate of drug-likeness (QED) is 0.260. The van der Waals surface area contributed by atoms with Crippen LogP contribution in [-0.2, 0) is 17.5 Å². The van der Waals surface area contributed by atoms with Gasteiger partial charge in [0, 0.05) is 51.0 Å². The fourth-order valence-electron chi connectivity index (χ4n) is 4.65. The summed E-state index contributed by atoms with van der Waals surface area (Å²) in [4.78, 5) is 26.0. The van der Waals surface area contributed by atoms with E-state index in [0.717, 1.165) is 25.7 Å². The second-order valence-corrected chi connectivity index (χ2v) is 9.50. The summed E-state index contributed by atoms with van der Waals surface area (Å²) in [6.45, 7) is 3.50. The van der Waals surface area contributed by atoms with E-state index in [2.05, 4.69) is 37.3 Å². The Balaban J connectivity index is 0.000000541. The van der Waals surface area contributed by atoms with E-state index in [9.17, 15) is 26.3 Å². The summed E-state index contributed by atoms with van der Waals surface area (Å²) in [6.07, 6.45) is -9.63. The molecule has 1 saturated heterocycles. The fourth-order valence-corrected chi connectivity index (χ4v) is 4.65. The molecular weight excluding hydrogens is 580 g/mol. The number of hydrogen-bond donors (Lipinski definition) is 3. The molecule has 2 aromatic heterocycles. The Hall–Kier alpha value is -4.66. The number of alkyl halides is 6. The standard InChI is InChI=1S/C26H26F3N7.C2HF3O2/c1-31-23-18-10-11-20(32-24(18)34-25(30)33-23)22-19(26(27,28)29)8-5-9-21(22)36-14-12-35(13-15-36)16-17-6-3-2-4-7-17;3-2(4,5)1(6)7/h2-11H,12-16H2,1H3,(H3,30,31,32,33,34);(H,6,7). The molecule has 3 heterocycles. The van der Waals surface area contributed by atoms with Gasteiger partial charge in [-0.15, -0.1) is 0 Å². The summed E-state index contributed by atoms with van der Waals surface area (Å²) < 4.78 is 74.3. The first kappa shape index (κ1) is 31.3. The molecule has 0 aliphatic carbocycles. The number of benzene rings is 2. The highest BCUT2D eigenvalue weighted by atomic mass is 19.4. The first-order valence-electron chi connectivity index (χ1n) is 12.9. The van der Waals surface area contributed by atoms with Crippen LogP contribution in [0.1, 0.15) is 11.1 Å². The van der Waals surface area contributed by atoms with Crippen LogP contribution < -0.4 is 16.0 Å². The van der Waals surface area contributed by atoms with Gasteiger partial charge in [0.25, 0.3) is 0 Å². The molecule has 4 aromatic rings. The molecule has 0 spiro atoms. The lowest BCUT2D eigenvalue weighted by atomic mass is 9.99. The number of nitrogens with zero attached hydrogens (tertiary/aromatic N) is 5. The summed E-state index contributed by atoms with van der Waals surface area (Å²) in [7, 11) is 1.68. The Labute approximate surface area is 242 Å². The number of anilines is 3. The van der Waals surface area contributed by atoms with Crippen LogP contribution in [0, 0.1) is 0 Å². The molecule has 5 rings (SSSR count). The van der Waals surface area contributed by atoms with E-state index < -0.39 is 23.9 Å². The lowest BCUT2D eigenvalue weighted by molar-refractivity contribution is -0.192. The van der Waals surface area contributed by atoms with Crippen molar-refractivity contribution in [1.29, 1.82) is 0 Å². The molecule has 4 N–H and O–H groups in total. The normalized spacial score (nSPS) is 14.3. The number of nitrogens with two attached hydrogens (primary N) is 1. The first-order valence-corrected chi connectivity index (χ1v) is 12.9. The highest BCUT2D eigenvalue weighted by Crippen LogP contribution is 2.42. The predicted molar refractivity (Wildman–Crippen MR) is 149 cm³/mol. The van der Waals surface area contributed by atoms with Gasteiger partial charge in [-0.25, -0.2) is 9.78 Å². The van der Waals surface area contributed by atoms with Gasteiger partial charge < -0.3 is 21.1 Å². The van der Waals surface area contributed by atoms with Gasteiger partial charge in [-0.2, -0.15) is 36.3 Å². The van der Waals surface area contributed by atoms with E-state index in [-0.39, 0.29) is 22.9 Å². The highest BCUT2D eigenvalue weighted by molar-refractivity contribution is 5.91. The number of aromatic nitrogens is 3. The fraction of sp³-hybridized carbons (Fsp3) is 0.286. The Morgan fingerprint density at radius 3 is 2.14 bits per heavy atom. The van der Waals surface area contributed by atoms with Gasteiger partial charge in [0.15, 0.2) is 5.65 Å². The maximum atomic E-state index is 14.2. The third-order valence-corrected chi connectivity index (χ3v) is 6.62. The van der Waals surface area contributed by atoms with Gasteiger partial charge in [-0.05, 0) is 29.8 Å². The molecule has 1 aliphatic rings. The van der Waals surface area contributed by atoms with Crippen molar-refractivity contribution in [3.8, 4) is 11.3 Å². The summed E-state index contributed by atoms with van der Waals surface area (Å²) in [6, 6.07) is 17.7. The molecule has 9 nitrogen and oxygen atoms in total. The second-order valence-electron chi connectivity index (χ2n) is 9.50. The SMILES string of the molecule is CNc1nc(N)nc2nc(-c3c(N4CCN(Cc5ccccc5)CC4)cccc3C(F)(F)F)ccc12.O=C(O)C(F)(F)F. The predicted octanol–water partition coefficient (Wildman–Crippen LogP) is 5.29. The number of nitrogens with one attached hydrogen (secondary N) is 1. The number of piperazine rings is 1. The smallest absolute Gasteiger partial charge is 0.475 e. The molecule has 1 fully saturated rings. The number of hydrogen-bond acceptors (Lipinski definition) is 8. The summed E-state index contributed by atoms with van der Waals surface area (Å²) in [5.74, 6) is -2.29. The Morgan fingerprint density at radius 1 is 0.907 bits per heavy atom. The third kappa shape index (κ3) is 7.60. The maximum Gasteiger partial charge on any atom is 0.490 e. The lowest BCUT2D eigenvalue weighted by Crippen LogP contribution is -2.46. The van der Waals surface area contributed by atoms with Gasteiger partial charge in [-0.3, -0.25) is 4.90 Å². The van der Waals surface area contributed by atoms with Gasteiger partial charge >= 0.3 is 18.3 Å². The molecule has 0 bridgehead atoms. The van der Waals surface area contributed by atoms with Crippen molar-refractivity contribution in [2.75, 3.05) is 49.2 Å². The summed E-state index contributed by atoms with van der Waals surface area (Å²) in [5, 5.41) is 10.6. The molecule has 0 radical (unpaired) electrons. The maximum absolute atomic E-state index is 14.2. The van der Waals surface area contributed by atoms with Gasteiger partial charge in [0.05, 0.1) is 16.6 Å². The van der Waals surface area contributed by atoms with Crippen molar-refractivity contribution in [3.63, 3.8) is 0 Å². The van der Waals surface area contributed by atoms with Crippen molar-refractivity contribution < 1.29 is 36.2 Å². The number of pyridine rings is 1. The monoisotopic (exact) mass is 607 g/mol. The van der Waals surface area contributed by atoms with Crippen molar-refractivity contribution in [2.45, 2.75) is 18.9 Å². The highest BCUT2D eigenvalue weighted by Gasteiger charge is 2.38. The number of aliphatic carboxylic acids is 1.